The van der Waals surface area contributed by atoms with Crippen LogP contribution in [0.4, 0.5) is 15.3 Å². The predicted molar refractivity (Wildman–Crippen MR) is 97.6 cm³/mol. The van der Waals surface area contributed by atoms with Crippen LogP contribution in [0.25, 0.3) is 0 Å². The Bertz CT molecular complexity index is 829. The van der Waals surface area contributed by atoms with Crippen molar-refractivity contribution in [2.24, 2.45) is 0 Å². The number of carbonyl (C=O) groups is 2. The molecule has 3 amide bonds. The van der Waals surface area contributed by atoms with Gasteiger partial charge in [0.25, 0.3) is 0 Å². The molecular weight excluding hydrogens is 414 g/mol. The van der Waals surface area contributed by atoms with Gasteiger partial charge in [-0.15, -0.1) is 0 Å². The van der Waals surface area contributed by atoms with Gasteiger partial charge in [0.1, 0.15) is 11.5 Å². The van der Waals surface area contributed by atoms with Crippen molar-refractivity contribution in [3.8, 4) is 11.5 Å². The van der Waals surface area contributed by atoms with E-state index in [4.69, 9.17) is 51.1 Å². The highest BCUT2D eigenvalue weighted by atomic mass is 35.5. The average Bonchev–Trinajstić information content (AvgIpc) is 2.54. The molecule has 0 aliphatic heterocycles. The Morgan fingerprint density at radius 1 is 0.880 bits per heavy atom. The van der Waals surface area contributed by atoms with Crippen molar-refractivity contribution in [2.45, 2.75) is 0 Å². The number of amides is 3. The second-order valence-electron chi connectivity index (χ2n) is 4.51. The van der Waals surface area contributed by atoms with Gasteiger partial charge < -0.3 is 14.8 Å². The molecule has 2 aromatic rings. The number of hydrogen-bond donors (Lipinski definition) is 2. The molecule has 0 fully saturated rings. The largest absolute Gasteiger partial charge is 0.454 e. The molecule has 6 nitrogen and oxygen atoms in total. The fraction of sp³-hybridized carbons (Fsp3) is 0.0667. The van der Waals surface area contributed by atoms with E-state index in [-0.39, 0.29) is 26.6 Å². The maximum atomic E-state index is 11.5. The summed E-state index contributed by atoms with van der Waals surface area (Å²) in [5.74, 6) is 0.544. The fourth-order valence-corrected chi connectivity index (χ4v) is 2.46. The number of rotatable bonds is 3. The summed E-state index contributed by atoms with van der Waals surface area (Å²) in [4.78, 5) is 22.5. The zero-order chi connectivity index (χ0) is 18.6. The number of imide groups is 1. The Hall–Kier alpha value is -1.86. The molecular formula is C15H10Cl4N2O4. The molecule has 0 radical (unpaired) electrons. The summed E-state index contributed by atoms with van der Waals surface area (Å²) in [5.41, 5.74) is 0.332. The lowest BCUT2D eigenvalue weighted by atomic mass is 10.3. The van der Waals surface area contributed by atoms with Gasteiger partial charge >= 0.3 is 12.1 Å². The SMILES string of the molecule is COC(=O)NC(=O)Nc1ccc(Oc2cc(Cl)c(Cl)cc2Cl)c(Cl)c1. The zero-order valence-electron chi connectivity index (χ0n) is 12.5. The minimum absolute atomic E-state index is 0.193. The summed E-state index contributed by atoms with van der Waals surface area (Å²) in [5, 5.41) is 5.37. The van der Waals surface area contributed by atoms with Crippen molar-refractivity contribution in [1.29, 1.82) is 0 Å². The van der Waals surface area contributed by atoms with Crippen molar-refractivity contribution in [2.75, 3.05) is 12.4 Å². The third-order valence-corrected chi connectivity index (χ3v) is 4.10. The molecule has 0 saturated heterocycles. The Labute approximate surface area is 162 Å². The molecule has 0 spiro atoms. The Morgan fingerprint density at radius 2 is 1.52 bits per heavy atom. The van der Waals surface area contributed by atoms with Crippen molar-refractivity contribution < 1.29 is 19.1 Å². The number of methoxy groups -OCH3 is 1. The van der Waals surface area contributed by atoms with Gasteiger partial charge in [-0.05, 0) is 24.3 Å². The molecule has 2 N–H and O–H groups in total. The lowest BCUT2D eigenvalue weighted by molar-refractivity contribution is 0.172. The van der Waals surface area contributed by atoms with Crippen LogP contribution >= 0.6 is 46.4 Å². The van der Waals surface area contributed by atoms with E-state index in [1.165, 1.54) is 30.3 Å². The van der Waals surface area contributed by atoms with Gasteiger partial charge in [0.2, 0.25) is 0 Å². The number of carbonyl (C=O) groups excluding carboxylic acids is 2. The molecule has 0 aromatic heterocycles. The van der Waals surface area contributed by atoms with Crippen molar-refractivity contribution in [1.82, 2.24) is 5.32 Å². The van der Waals surface area contributed by atoms with E-state index >= 15 is 0 Å². The Balaban J connectivity index is 2.13. The van der Waals surface area contributed by atoms with E-state index in [1.807, 2.05) is 5.32 Å². The first-order valence-corrected chi connectivity index (χ1v) is 8.09. The number of halogens is 4. The van der Waals surface area contributed by atoms with Crippen LogP contribution in [0.5, 0.6) is 11.5 Å². The summed E-state index contributed by atoms with van der Waals surface area (Å²) in [7, 11) is 1.14. The van der Waals surface area contributed by atoms with Crippen LogP contribution in [0.15, 0.2) is 30.3 Å². The van der Waals surface area contributed by atoms with Gasteiger partial charge in [-0.1, -0.05) is 46.4 Å². The second kappa shape index (κ2) is 8.49. The molecule has 10 heteroatoms. The highest BCUT2D eigenvalue weighted by molar-refractivity contribution is 6.43. The van der Waals surface area contributed by atoms with E-state index < -0.39 is 12.1 Å². The maximum absolute atomic E-state index is 11.5. The molecule has 0 unspecified atom stereocenters. The van der Waals surface area contributed by atoms with Crippen LogP contribution in [0.3, 0.4) is 0 Å². The predicted octanol–water partition coefficient (Wildman–Crippen LogP) is 5.98. The number of ether oxygens (including phenoxy) is 2. The normalized spacial score (nSPS) is 10.1. The first-order chi connectivity index (χ1) is 11.8. The highest BCUT2D eigenvalue weighted by Crippen LogP contribution is 2.38. The minimum Gasteiger partial charge on any atom is -0.454 e. The quantitative estimate of drug-likeness (QED) is 0.595. The fourth-order valence-electron chi connectivity index (χ4n) is 1.67. The number of urea groups is 1. The monoisotopic (exact) mass is 422 g/mol. The van der Waals surface area contributed by atoms with Gasteiger partial charge in [-0.3, -0.25) is 0 Å². The topological polar surface area (TPSA) is 76.7 Å². The molecule has 25 heavy (non-hydrogen) atoms. The number of hydrogen-bond acceptors (Lipinski definition) is 4. The van der Waals surface area contributed by atoms with Crippen molar-refractivity contribution in [3.63, 3.8) is 0 Å². The zero-order valence-corrected chi connectivity index (χ0v) is 15.6. The average molecular weight is 424 g/mol. The lowest BCUT2D eigenvalue weighted by Crippen LogP contribution is -2.34. The summed E-state index contributed by atoms with van der Waals surface area (Å²) in [6, 6.07) is 6.59. The van der Waals surface area contributed by atoms with Crippen LogP contribution in [0.2, 0.25) is 20.1 Å². The van der Waals surface area contributed by atoms with E-state index in [0.29, 0.717) is 10.7 Å². The molecule has 0 atom stereocenters. The second-order valence-corrected chi connectivity index (χ2v) is 6.14. The third-order valence-electron chi connectivity index (χ3n) is 2.79. The van der Waals surface area contributed by atoms with E-state index in [2.05, 4.69) is 10.1 Å². The van der Waals surface area contributed by atoms with Crippen molar-refractivity contribution >= 4 is 64.2 Å². The number of alkyl carbamates (subject to hydrolysis) is 1. The summed E-state index contributed by atoms with van der Waals surface area (Å²) in [6.07, 6.45) is -0.891. The van der Waals surface area contributed by atoms with Crippen LogP contribution in [0, 0.1) is 0 Å². The van der Waals surface area contributed by atoms with Gasteiger partial charge in [0.15, 0.2) is 0 Å². The van der Waals surface area contributed by atoms with Gasteiger partial charge in [0, 0.05) is 11.8 Å². The Kier molecular flexibility index (Phi) is 6.61. The van der Waals surface area contributed by atoms with E-state index in [0.717, 1.165) is 7.11 Å². The number of nitrogens with one attached hydrogen (secondary N) is 2. The van der Waals surface area contributed by atoms with Crippen LogP contribution in [-0.4, -0.2) is 19.2 Å². The van der Waals surface area contributed by atoms with Gasteiger partial charge in [-0.25, -0.2) is 14.9 Å². The third kappa shape index (κ3) is 5.31. The lowest BCUT2D eigenvalue weighted by Gasteiger charge is -2.12. The maximum Gasteiger partial charge on any atom is 0.415 e. The van der Waals surface area contributed by atoms with E-state index in [9.17, 15) is 9.59 Å². The molecule has 0 aliphatic carbocycles. The molecule has 0 aliphatic rings. The number of anilines is 1. The first kappa shape index (κ1) is 19.5. The standard InChI is InChI=1S/C15H10Cl4N2O4/c1-24-15(23)21-14(22)20-7-2-3-12(10(18)4-7)25-13-6-9(17)8(16)5-11(13)19/h2-6H,1H3,(H2,20,21,22,23). The minimum atomic E-state index is -0.891. The van der Waals surface area contributed by atoms with Crippen molar-refractivity contribution in [3.05, 3.63) is 50.4 Å². The van der Waals surface area contributed by atoms with Crippen LogP contribution < -0.4 is 15.4 Å². The molecule has 2 rings (SSSR count). The smallest absolute Gasteiger partial charge is 0.415 e. The molecule has 2 aromatic carbocycles. The molecule has 132 valence electrons. The number of benzene rings is 2. The summed E-state index contributed by atoms with van der Waals surface area (Å²) < 4.78 is 9.92. The molecule has 0 bridgehead atoms. The summed E-state index contributed by atoms with van der Waals surface area (Å²) in [6.45, 7) is 0. The van der Waals surface area contributed by atoms with Gasteiger partial charge in [0.05, 0.1) is 27.2 Å². The van der Waals surface area contributed by atoms with Gasteiger partial charge in [-0.2, -0.15) is 0 Å². The summed E-state index contributed by atoms with van der Waals surface area (Å²) >= 11 is 24.0. The first-order valence-electron chi connectivity index (χ1n) is 6.58. The highest BCUT2D eigenvalue weighted by Gasteiger charge is 2.12. The molecule has 0 saturated carbocycles. The Morgan fingerprint density at radius 3 is 2.16 bits per heavy atom. The molecule has 0 heterocycles. The van der Waals surface area contributed by atoms with E-state index in [1.54, 1.807) is 0 Å². The van der Waals surface area contributed by atoms with Crippen LogP contribution in [0.1, 0.15) is 0 Å². The van der Waals surface area contributed by atoms with Crippen LogP contribution in [-0.2, 0) is 4.74 Å².